The molecule has 1 aromatic rings. The van der Waals surface area contributed by atoms with Gasteiger partial charge in [-0.1, -0.05) is 67.0 Å². The van der Waals surface area contributed by atoms with E-state index in [9.17, 15) is 0 Å². The number of hydrogen-bond donors (Lipinski definition) is 1. The molecule has 29 heavy (non-hydrogen) atoms. The molecular weight excluding hydrogens is 390 g/mol. The molecule has 0 bridgehead atoms. The maximum Gasteiger partial charge on any atom is 0.250 e. The molecule has 0 aliphatic rings. The smallest absolute Gasteiger partial charge is 0.250 e. The van der Waals surface area contributed by atoms with Crippen LogP contribution in [-0.4, -0.2) is 29.7 Å². The third-order valence-electron chi connectivity index (χ3n) is 6.71. The summed E-state index contributed by atoms with van der Waals surface area (Å²) in [5.41, 5.74) is 1.24. The summed E-state index contributed by atoms with van der Waals surface area (Å²) in [6.07, 6.45) is 2.49. The average Bonchev–Trinajstić information content (AvgIpc) is 2.56. The second kappa shape index (κ2) is 10.1. The molecule has 0 heterocycles. The van der Waals surface area contributed by atoms with Crippen molar-refractivity contribution in [3.05, 3.63) is 29.8 Å². The second-order valence-corrected chi connectivity index (χ2v) is 20.8. The van der Waals surface area contributed by atoms with Gasteiger partial charge >= 0.3 is 0 Å². The summed E-state index contributed by atoms with van der Waals surface area (Å²) in [7, 11) is -3.68. The van der Waals surface area contributed by atoms with Crippen LogP contribution in [0.2, 0.25) is 36.3 Å². The molecule has 0 aliphatic carbocycles. The van der Waals surface area contributed by atoms with Gasteiger partial charge in [0.25, 0.3) is 0 Å². The van der Waals surface area contributed by atoms with Gasteiger partial charge in [0, 0.05) is 6.54 Å². The molecule has 1 rings (SSSR count). The lowest BCUT2D eigenvalue weighted by molar-refractivity contribution is 0.180. The summed E-state index contributed by atoms with van der Waals surface area (Å²) in [6, 6.07) is 8.65. The largest absolute Gasteiger partial charge is 0.544 e. The summed E-state index contributed by atoms with van der Waals surface area (Å²) >= 11 is 0. The molecule has 0 spiro atoms. The van der Waals surface area contributed by atoms with E-state index in [1.54, 1.807) is 0 Å². The molecule has 1 aromatic carbocycles. The van der Waals surface area contributed by atoms with Crippen LogP contribution in [0.1, 0.15) is 73.0 Å². The zero-order valence-electron chi connectivity index (χ0n) is 21.0. The fraction of sp³-hybridized carbons (Fsp3) is 0.750. The molecule has 0 radical (unpaired) electrons. The SMILES string of the molecule is CCCCNCC(O[Si](C)(C)C(C)(C)C)c1ccc(O[Si](C)(C)C(C)(C)C)cc1. The van der Waals surface area contributed by atoms with Gasteiger partial charge in [0.1, 0.15) is 5.75 Å². The van der Waals surface area contributed by atoms with Gasteiger partial charge in [-0.05, 0) is 66.9 Å². The van der Waals surface area contributed by atoms with Gasteiger partial charge in [0.2, 0.25) is 8.32 Å². The topological polar surface area (TPSA) is 30.5 Å². The highest BCUT2D eigenvalue weighted by Gasteiger charge is 2.40. The first-order valence-electron chi connectivity index (χ1n) is 11.3. The first-order valence-corrected chi connectivity index (χ1v) is 17.1. The number of unbranched alkanes of at least 4 members (excludes halogenated alkanes) is 1. The van der Waals surface area contributed by atoms with Crippen molar-refractivity contribution < 1.29 is 8.85 Å². The van der Waals surface area contributed by atoms with Crippen LogP contribution >= 0.6 is 0 Å². The van der Waals surface area contributed by atoms with Crippen LogP contribution in [-0.2, 0) is 4.43 Å². The average molecular weight is 438 g/mol. The van der Waals surface area contributed by atoms with E-state index in [1.165, 1.54) is 18.4 Å². The van der Waals surface area contributed by atoms with Crippen LogP contribution in [0, 0.1) is 0 Å². The van der Waals surface area contributed by atoms with Crippen LogP contribution in [0.15, 0.2) is 24.3 Å². The van der Waals surface area contributed by atoms with Crippen molar-refractivity contribution in [2.24, 2.45) is 0 Å². The second-order valence-electron chi connectivity index (χ2n) is 11.4. The molecule has 0 aliphatic heterocycles. The number of rotatable bonds is 10. The van der Waals surface area contributed by atoms with E-state index in [1.807, 2.05) is 0 Å². The fourth-order valence-corrected chi connectivity index (χ4v) is 4.81. The first kappa shape index (κ1) is 26.4. The fourth-order valence-electron chi connectivity index (χ4n) is 2.49. The predicted octanol–water partition coefficient (Wildman–Crippen LogP) is 7.52. The van der Waals surface area contributed by atoms with Crippen LogP contribution in [0.5, 0.6) is 5.75 Å². The Morgan fingerprint density at radius 3 is 1.83 bits per heavy atom. The van der Waals surface area contributed by atoms with Crippen molar-refractivity contribution in [1.29, 1.82) is 0 Å². The van der Waals surface area contributed by atoms with E-state index in [0.717, 1.165) is 18.8 Å². The highest BCUT2D eigenvalue weighted by atomic mass is 28.4. The number of benzene rings is 1. The van der Waals surface area contributed by atoms with Gasteiger partial charge in [-0.25, -0.2) is 0 Å². The lowest BCUT2D eigenvalue weighted by Gasteiger charge is -2.39. The Kier molecular flexibility index (Phi) is 9.22. The van der Waals surface area contributed by atoms with Crippen LogP contribution in [0.3, 0.4) is 0 Å². The molecule has 1 unspecified atom stereocenters. The molecule has 5 heteroatoms. The molecular formula is C24H47NO2Si2. The third kappa shape index (κ3) is 7.85. The summed E-state index contributed by atoms with van der Waals surface area (Å²) in [5, 5.41) is 4.00. The summed E-state index contributed by atoms with van der Waals surface area (Å²) < 4.78 is 13.3. The Hall–Kier alpha value is -0.626. The van der Waals surface area contributed by atoms with Crippen LogP contribution in [0.25, 0.3) is 0 Å². The van der Waals surface area contributed by atoms with Crippen molar-refractivity contribution in [2.75, 3.05) is 13.1 Å². The maximum atomic E-state index is 6.81. The van der Waals surface area contributed by atoms with Gasteiger partial charge in [-0.15, -0.1) is 0 Å². The summed E-state index contributed by atoms with van der Waals surface area (Å²) in [6.45, 7) is 27.1. The molecule has 0 aromatic heterocycles. The van der Waals surface area contributed by atoms with E-state index in [4.69, 9.17) is 8.85 Å². The lowest BCUT2D eigenvalue weighted by Crippen LogP contribution is -2.44. The maximum absolute atomic E-state index is 6.81. The summed E-state index contributed by atoms with van der Waals surface area (Å²) in [4.78, 5) is 0. The van der Waals surface area contributed by atoms with Crippen LogP contribution < -0.4 is 9.74 Å². The molecule has 1 atom stereocenters. The third-order valence-corrected chi connectivity index (χ3v) is 15.6. The van der Waals surface area contributed by atoms with E-state index in [-0.39, 0.29) is 16.2 Å². The zero-order valence-corrected chi connectivity index (χ0v) is 23.0. The Bertz CT molecular complexity index is 613. The minimum absolute atomic E-state index is 0.0784. The molecule has 1 N–H and O–H groups in total. The minimum Gasteiger partial charge on any atom is -0.544 e. The van der Waals surface area contributed by atoms with E-state index in [2.05, 4.69) is 104 Å². The standard InChI is InChI=1S/C24H47NO2Si2/c1-12-13-18-25-19-22(27-29(10,11)24(5,6)7)20-14-16-21(17-15-20)26-28(8,9)23(2,3)4/h14-17,22,25H,12-13,18-19H2,1-11H3. The molecule has 0 saturated carbocycles. The number of hydrogen-bond acceptors (Lipinski definition) is 3. The van der Waals surface area contributed by atoms with Gasteiger partial charge in [-0.3, -0.25) is 0 Å². The molecule has 0 fully saturated rings. The quantitative estimate of drug-likeness (QED) is 0.303. The van der Waals surface area contributed by atoms with E-state index < -0.39 is 16.6 Å². The summed E-state index contributed by atoms with van der Waals surface area (Å²) in [5.74, 6) is 0.977. The Morgan fingerprint density at radius 1 is 0.862 bits per heavy atom. The zero-order chi connectivity index (χ0) is 22.5. The number of nitrogens with one attached hydrogen (secondary N) is 1. The predicted molar refractivity (Wildman–Crippen MR) is 133 cm³/mol. The van der Waals surface area contributed by atoms with Crippen molar-refractivity contribution in [3.8, 4) is 5.75 Å². The molecule has 0 amide bonds. The Labute approximate surface area is 183 Å². The molecule has 0 saturated heterocycles. The highest BCUT2D eigenvalue weighted by Crippen LogP contribution is 2.40. The monoisotopic (exact) mass is 437 g/mol. The van der Waals surface area contributed by atoms with Crippen molar-refractivity contribution in [2.45, 2.75) is 104 Å². The molecule has 3 nitrogen and oxygen atoms in total. The minimum atomic E-state index is -1.86. The normalized spacial score (nSPS) is 14.7. The van der Waals surface area contributed by atoms with E-state index in [0.29, 0.717) is 0 Å². The Balaban J connectivity index is 3.00. The highest BCUT2D eigenvalue weighted by molar-refractivity contribution is 6.75. The van der Waals surface area contributed by atoms with E-state index >= 15 is 0 Å². The molecule has 168 valence electrons. The van der Waals surface area contributed by atoms with Crippen molar-refractivity contribution in [3.63, 3.8) is 0 Å². The van der Waals surface area contributed by atoms with Crippen molar-refractivity contribution >= 4 is 16.6 Å². The van der Waals surface area contributed by atoms with Gasteiger partial charge in [0.05, 0.1) is 6.10 Å². The first-order chi connectivity index (χ1) is 13.1. The van der Waals surface area contributed by atoms with Gasteiger partial charge in [-0.2, -0.15) is 0 Å². The van der Waals surface area contributed by atoms with Crippen LogP contribution in [0.4, 0.5) is 0 Å². The lowest BCUT2D eigenvalue weighted by atomic mass is 10.1. The van der Waals surface area contributed by atoms with Gasteiger partial charge < -0.3 is 14.2 Å². The Morgan fingerprint density at radius 2 is 1.38 bits per heavy atom. The van der Waals surface area contributed by atoms with Gasteiger partial charge in [0.15, 0.2) is 8.32 Å². The van der Waals surface area contributed by atoms with Crippen molar-refractivity contribution in [1.82, 2.24) is 5.32 Å².